The molecule has 1 atom stereocenters. The van der Waals surface area contributed by atoms with E-state index >= 15 is 0 Å². The van der Waals surface area contributed by atoms with Crippen LogP contribution in [0.5, 0.6) is 5.75 Å². The van der Waals surface area contributed by atoms with Crippen LogP contribution in [-0.4, -0.2) is 38.9 Å². The highest BCUT2D eigenvalue weighted by molar-refractivity contribution is 5.54. The summed E-state index contributed by atoms with van der Waals surface area (Å²) in [6.45, 7) is 5.39. The topological polar surface area (TPSA) is 103 Å². The van der Waals surface area contributed by atoms with Crippen molar-refractivity contribution in [3.05, 3.63) is 54.4 Å². The fourth-order valence-electron chi connectivity index (χ4n) is 3.10. The average Bonchev–Trinajstić information content (AvgIpc) is 3.54. The predicted octanol–water partition coefficient (Wildman–Crippen LogP) is 4.36. The third-order valence-electron chi connectivity index (χ3n) is 4.73. The molecule has 3 aromatic heterocycles. The van der Waals surface area contributed by atoms with Gasteiger partial charge in [0.1, 0.15) is 5.75 Å². The number of furan rings is 1. The minimum Gasteiger partial charge on any atom is -0.497 e. The zero-order chi connectivity index (χ0) is 20.9. The summed E-state index contributed by atoms with van der Waals surface area (Å²) in [5.41, 5.74) is 0.837. The third kappa shape index (κ3) is 4.25. The van der Waals surface area contributed by atoms with E-state index in [0.717, 1.165) is 24.3 Å². The summed E-state index contributed by atoms with van der Waals surface area (Å²) in [5, 5.41) is 16.7. The normalized spacial score (nSPS) is 12.4. The van der Waals surface area contributed by atoms with E-state index in [2.05, 4.69) is 32.2 Å². The Balaban J connectivity index is 1.49. The second-order valence-corrected chi connectivity index (χ2v) is 6.80. The van der Waals surface area contributed by atoms with Crippen molar-refractivity contribution in [2.45, 2.75) is 32.9 Å². The summed E-state index contributed by atoms with van der Waals surface area (Å²) in [6, 6.07) is 10.9. The van der Waals surface area contributed by atoms with Crippen LogP contribution >= 0.6 is 0 Å². The van der Waals surface area contributed by atoms with Crippen molar-refractivity contribution in [1.82, 2.24) is 25.3 Å². The highest BCUT2D eigenvalue weighted by atomic mass is 16.5. The van der Waals surface area contributed by atoms with Crippen molar-refractivity contribution in [2.24, 2.45) is 0 Å². The van der Waals surface area contributed by atoms with Gasteiger partial charge in [-0.15, -0.1) is 20.4 Å². The molecule has 0 fully saturated rings. The smallest absolute Gasteiger partial charge is 0.283 e. The van der Waals surface area contributed by atoms with Crippen LogP contribution in [0.3, 0.4) is 0 Å². The molecule has 0 bridgehead atoms. The van der Waals surface area contributed by atoms with Crippen molar-refractivity contribution < 1.29 is 18.0 Å². The second kappa shape index (κ2) is 8.91. The molecule has 0 aliphatic carbocycles. The van der Waals surface area contributed by atoms with Crippen molar-refractivity contribution >= 4 is 0 Å². The molecule has 4 rings (SSSR count). The number of nitrogens with zero attached hydrogens (tertiary/aromatic N) is 5. The van der Waals surface area contributed by atoms with Crippen LogP contribution in [0.1, 0.15) is 38.1 Å². The second-order valence-electron chi connectivity index (χ2n) is 6.80. The van der Waals surface area contributed by atoms with Gasteiger partial charge in [0.15, 0.2) is 5.76 Å². The molecule has 9 heteroatoms. The molecule has 1 aromatic carbocycles. The van der Waals surface area contributed by atoms with Gasteiger partial charge in [-0.2, -0.15) is 0 Å². The number of methoxy groups -OCH3 is 1. The Morgan fingerprint density at radius 3 is 2.50 bits per heavy atom. The zero-order valence-electron chi connectivity index (χ0n) is 17.1. The first kappa shape index (κ1) is 19.8. The maximum absolute atomic E-state index is 5.95. The first-order valence-corrected chi connectivity index (χ1v) is 9.76. The van der Waals surface area contributed by atoms with Gasteiger partial charge in [-0.3, -0.25) is 4.90 Å². The van der Waals surface area contributed by atoms with E-state index in [9.17, 15) is 0 Å². The molecule has 0 unspecified atom stereocenters. The van der Waals surface area contributed by atoms with E-state index in [4.69, 9.17) is 18.0 Å². The van der Waals surface area contributed by atoms with Crippen LogP contribution in [-0.2, 0) is 6.54 Å². The molecule has 4 aromatic rings. The molecule has 0 saturated heterocycles. The van der Waals surface area contributed by atoms with Gasteiger partial charge in [0.2, 0.25) is 17.7 Å². The highest BCUT2D eigenvalue weighted by Crippen LogP contribution is 2.27. The average molecular weight is 409 g/mol. The van der Waals surface area contributed by atoms with Crippen LogP contribution in [0.4, 0.5) is 0 Å². The molecule has 0 amide bonds. The summed E-state index contributed by atoms with van der Waals surface area (Å²) in [7, 11) is 1.63. The Morgan fingerprint density at radius 1 is 1.00 bits per heavy atom. The van der Waals surface area contributed by atoms with E-state index < -0.39 is 0 Å². The van der Waals surface area contributed by atoms with Gasteiger partial charge in [-0.1, -0.05) is 6.92 Å². The Hall–Kier alpha value is -3.46. The minimum absolute atomic E-state index is 0.122. The fourth-order valence-corrected chi connectivity index (χ4v) is 3.10. The Morgan fingerprint density at radius 2 is 1.80 bits per heavy atom. The lowest BCUT2D eigenvalue weighted by atomic mass is 10.2. The summed E-state index contributed by atoms with van der Waals surface area (Å²) in [4.78, 5) is 2.16. The molecular weight excluding hydrogens is 386 g/mol. The van der Waals surface area contributed by atoms with E-state index in [1.54, 1.807) is 25.5 Å². The first-order valence-electron chi connectivity index (χ1n) is 9.76. The van der Waals surface area contributed by atoms with Crippen LogP contribution in [0.2, 0.25) is 0 Å². The zero-order valence-corrected chi connectivity index (χ0v) is 17.1. The molecule has 0 radical (unpaired) electrons. The molecule has 9 nitrogen and oxygen atoms in total. The Kier molecular flexibility index (Phi) is 5.89. The maximum Gasteiger partial charge on any atom is 0.283 e. The number of hydrogen-bond donors (Lipinski definition) is 0. The summed E-state index contributed by atoms with van der Waals surface area (Å²) >= 11 is 0. The Bertz CT molecular complexity index is 1060. The van der Waals surface area contributed by atoms with E-state index in [1.807, 2.05) is 31.2 Å². The lowest BCUT2D eigenvalue weighted by Crippen LogP contribution is -2.28. The molecule has 156 valence electrons. The number of rotatable bonds is 9. The van der Waals surface area contributed by atoms with Gasteiger partial charge in [-0.25, -0.2) is 0 Å². The predicted molar refractivity (Wildman–Crippen MR) is 107 cm³/mol. The third-order valence-corrected chi connectivity index (χ3v) is 4.73. The van der Waals surface area contributed by atoms with E-state index in [-0.39, 0.29) is 6.04 Å². The van der Waals surface area contributed by atoms with Gasteiger partial charge in [0.25, 0.3) is 5.89 Å². The van der Waals surface area contributed by atoms with Crippen LogP contribution in [0.25, 0.3) is 23.1 Å². The maximum atomic E-state index is 5.95. The summed E-state index contributed by atoms with van der Waals surface area (Å²) < 4.78 is 22.2. The van der Waals surface area contributed by atoms with Crippen LogP contribution in [0, 0.1) is 0 Å². The number of hydrogen-bond acceptors (Lipinski definition) is 9. The van der Waals surface area contributed by atoms with Crippen molar-refractivity contribution in [1.29, 1.82) is 0 Å². The number of aromatic nitrogens is 4. The summed E-state index contributed by atoms with van der Waals surface area (Å²) in [5.74, 6) is 3.17. The number of benzene rings is 1. The monoisotopic (exact) mass is 409 g/mol. The van der Waals surface area contributed by atoms with Crippen molar-refractivity contribution in [3.8, 4) is 28.9 Å². The molecule has 0 aliphatic heterocycles. The van der Waals surface area contributed by atoms with Gasteiger partial charge in [-0.05, 0) is 56.3 Å². The molecule has 0 saturated carbocycles. The molecular formula is C21H23N5O4. The van der Waals surface area contributed by atoms with Gasteiger partial charge < -0.3 is 18.0 Å². The van der Waals surface area contributed by atoms with Crippen molar-refractivity contribution in [2.75, 3.05) is 13.7 Å². The van der Waals surface area contributed by atoms with E-state index in [0.29, 0.717) is 35.9 Å². The molecule has 3 heterocycles. The minimum atomic E-state index is -0.122. The summed E-state index contributed by atoms with van der Waals surface area (Å²) in [6.07, 6.45) is 2.52. The molecule has 0 aliphatic rings. The van der Waals surface area contributed by atoms with Gasteiger partial charge >= 0.3 is 0 Å². The molecule has 0 spiro atoms. The van der Waals surface area contributed by atoms with Crippen molar-refractivity contribution in [3.63, 3.8) is 0 Å². The first-order chi connectivity index (χ1) is 14.7. The quantitative estimate of drug-likeness (QED) is 0.399. The van der Waals surface area contributed by atoms with Crippen LogP contribution < -0.4 is 4.74 Å². The Labute approximate surface area is 173 Å². The number of ether oxygens (including phenoxy) is 1. The molecule has 30 heavy (non-hydrogen) atoms. The standard InChI is InChI=1S/C21H23N5O4/c1-4-11-26(13-18-22-25-21(29-18)17-6-5-12-28-17)14(2)19-23-24-20(30-19)15-7-9-16(27-3)10-8-15/h5-10,12,14H,4,11,13H2,1-3H3/t14-/m1/s1. The lowest BCUT2D eigenvalue weighted by Gasteiger charge is -2.24. The highest BCUT2D eigenvalue weighted by Gasteiger charge is 2.24. The van der Waals surface area contributed by atoms with Gasteiger partial charge in [0, 0.05) is 5.56 Å². The van der Waals surface area contributed by atoms with E-state index in [1.165, 1.54) is 0 Å². The largest absolute Gasteiger partial charge is 0.497 e. The van der Waals surface area contributed by atoms with Gasteiger partial charge in [0.05, 0.1) is 26.0 Å². The van der Waals surface area contributed by atoms with Crippen LogP contribution in [0.15, 0.2) is 55.9 Å². The SMILES string of the molecule is CCCN(Cc1nnc(-c2ccco2)o1)[C@H](C)c1nnc(-c2ccc(OC)cc2)o1. The molecule has 0 N–H and O–H groups in total. The fraction of sp³-hybridized carbons (Fsp3) is 0.333. The lowest BCUT2D eigenvalue weighted by molar-refractivity contribution is 0.160.